The third kappa shape index (κ3) is 17.8. The van der Waals surface area contributed by atoms with Crippen LogP contribution < -0.4 is 0 Å². The second kappa shape index (κ2) is 15.8. The smallest absolute Gasteiger partial charge is 0 e. The van der Waals surface area contributed by atoms with Crippen LogP contribution in [0.1, 0.15) is 0 Å². The summed E-state index contributed by atoms with van der Waals surface area (Å²) >= 11 is 0. The summed E-state index contributed by atoms with van der Waals surface area (Å²) in [7, 11) is 0. The Morgan fingerprint density at radius 3 is 1.67 bits per heavy atom. The van der Waals surface area contributed by atoms with Gasteiger partial charge in [-0.15, -0.1) is 50.8 Å². The minimum Gasteiger partial charge on any atom is -0.656 e. The Hall–Kier alpha value is 0.444. The first kappa shape index (κ1) is 16.2. The van der Waals surface area contributed by atoms with E-state index in [-0.39, 0.29) is 34.1 Å². The minimum atomic E-state index is 0. The van der Waals surface area contributed by atoms with Crippen LogP contribution in [0.2, 0.25) is 0 Å². The molecule has 52 valence electrons. The zero-order chi connectivity index (χ0) is 5.54. The van der Waals surface area contributed by atoms with Crippen molar-refractivity contribution in [1.29, 1.82) is 0 Å². The van der Waals surface area contributed by atoms with E-state index >= 15 is 0 Å². The van der Waals surface area contributed by atoms with Gasteiger partial charge in [0.05, 0.1) is 0 Å². The van der Waals surface area contributed by atoms with Crippen molar-refractivity contribution in [3.8, 4) is 0 Å². The number of hydrogen-bond acceptors (Lipinski definition) is 0. The Balaban J connectivity index is -0.000000180. The molecule has 0 bridgehead atoms. The van der Waals surface area contributed by atoms with Crippen LogP contribution in [0.5, 0.6) is 0 Å². The van der Waals surface area contributed by atoms with Gasteiger partial charge in [0.25, 0.3) is 0 Å². The van der Waals surface area contributed by atoms with E-state index in [1.165, 1.54) is 0 Å². The quantitative estimate of drug-likeness (QED) is 0.358. The molecule has 0 aromatic heterocycles. The standard InChI is InChI=1S/C6H10N.ClH.Ti/c1-3-5-7-6-4-2;;/h3-4H,1-2,5-6H2;1H;/q-1;;. The van der Waals surface area contributed by atoms with Gasteiger partial charge < -0.3 is 5.32 Å². The molecule has 0 unspecified atom stereocenters. The molecule has 0 atom stereocenters. The van der Waals surface area contributed by atoms with Crippen molar-refractivity contribution < 1.29 is 21.7 Å². The molecule has 0 heterocycles. The molecule has 0 aliphatic heterocycles. The summed E-state index contributed by atoms with van der Waals surface area (Å²) in [4.78, 5) is 0. The molecule has 0 amide bonds. The van der Waals surface area contributed by atoms with Gasteiger partial charge in [0.1, 0.15) is 0 Å². The number of hydrogen-bond donors (Lipinski definition) is 0. The third-order valence-electron chi connectivity index (χ3n) is 0.516. The van der Waals surface area contributed by atoms with E-state index in [0.717, 1.165) is 13.1 Å². The fraction of sp³-hybridized carbons (Fsp3) is 0.333. The molecule has 0 fully saturated rings. The monoisotopic (exact) mass is 180 g/mol. The molecule has 9 heavy (non-hydrogen) atoms. The summed E-state index contributed by atoms with van der Waals surface area (Å²) in [5.41, 5.74) is 0. The van der Waals surface area contributed by atoms with Gasteiger partial charge in [-0.2, -0.15) is 0 Å². The molecule has 0 radical (unpaired) electrons. The number of halogens is 1. The van der Waals surface area contributed by atoms with Crippen LogP contribution in [-0.2, 0) is 21.7 Å². The molecule has 0 saturated carbocycles. The Morgan fingerprint density at radius 2 is 1.44 bits per heavy atom. The molecule has 0 saturated heterocycles. The van der Waals surface area contributed by atoms with Crippen LogP contribution in [0.15, 0.2) is 25.3 Å². The van der Waals surface area contributed by atoms with Crippen LogP contribution >= 0.6 is 12.4 Å². The molecular formula is C6H11ClNTi-. The molecule has 0 aromatic carbocycles. The Kier molecular flexibility index (Phi) is 28.4. The molecule has 0 aliphatic carbocycles. The van der Waals surface area contributed by atoms with Crippen LogP contribution in [0.4, 0.5) is 0 Å². The molecule has 0 rings (SSSR count). The first-order valence-corrected chi connectivity index (χ1v) is 2.27. The zero-order valence-corrected chi connectivity index (χ0v) is 7.72. The van der Waals surface area contributed by atoms with Crippen molar-refractivity contribution in [3.63, 3.8) is 0 Å². The van der Waals surface area contributed by atoms with Crippen molar-refractivity contribution in [1.82, 2.24) is 0 Å². The molecule has 0 aliphatic rings. The SMILES string of the molecule is C=CC[N-]CC=C.Cl.[Ti]. The van der Waals surface area contributed by atoms with Crippen LogP contribution in [-0.4, -0.2) is 13.1 Å². The van der Waals surface area contributed by atoms with Gasteiger partial charge in [0, 0.05) is 21.7 Å². The average molecular weight is 180 g/mol. The van der Waals surface area contributed by atoms with Crippen LogP contribution in [0.25, 0.3) is 5.32 Å². The van der Waals surface area contributed by atoms with Gasteiger partial charge in [0.2, 0.25) is 0 Å². The zero-order valence-electron chi connectivity index (χ0n) is 5.34. The van der Waals surface area contributed by atoms with E-state index in [0.29, 0.717) is 0 Å². The molecule has 0 N–H and O–H groups in total. The van der Waals surface area contributed by atoms with Crippen molar-refractivity contribution in [2.45, 2.75) is 0 Å². The van der Waals surface area contributed by atoms with Gasteiger partial charge >= 0.3 is 0 Å². The molecule has 3 heteroatoms. The normalized spacial score (nSPS) is 6.22. The Morgan fingerprint density at radius 1 is 1.11 bits per heavy atom. The molecule has 0 spiro atoms. The van der Waals surface area contributed by atoms with E-state index in [4.69, 9.17) is 0 Å². The first-order valence-electron chi connectivity index (χ1n) is 2.27. The summed E-state index contributed by atoms with van der Waals surface area (Å²) in [5.74, 6) is 0. The Bertz CT molecular complexity index is 58.1. The van der Waals surface area contributed by atoms with E-state index in [1.807, 2.05) is 0 Å². The fourth-order valence-electron chi connectivity index (χ4n) is 0.257. The summed E-state index contributed by atoms with van der Waals surface area (Å²) in [6.45, 7) is 8.49. The predicted octanol–water partition coefficient (Wildman–Crippen LogP) is 2.15. The summed E-state index contributed by atoms with van der Waals surface area (Å²) in [6, 6.07) is 0. The minimum absolute atomic E-state index is 0. The average Bonchev–Trinajstić information content (AvgIpc) is 1.69. The van der Waals surface area contributed by atoms with Gasteiger partial charge in [-0.3, -0.25) is 0 Å². The maximum Gasteiger partial charge on any atom is 0 e. The van der Waals surface area contributed by atoms with Crippen molar-refractivity contribution in [2.24, 2.45) is 0 Å². The third-order valence-corrected chi connectivity index (χ3v) is 0.516. The molecule has 1 nitrogen and oxygen atoms in total. The van der Waals surface area contributed by atoms with E-state index in [9.17, 15) is 0 Å². The summed E-state index contributed by atoms with van der Waals surface area (Å²) in [6.07, 6.45) is 3.53. The van der Waals surface area contributed by atoms with Crippen LogP contribution in [0.3, 0.4) is 0 Å². The van der Waals surface area contributed by atoms with Crippen molar-refractivity contribution in [2.75, 3.05) is 13.1 Å². The summed E-state index contributed by atoms with van der Waals surface area (Å²) < 4.78 is 0. The number of rotatable bonds is 4. The van der Waals surface area contributed by atoms with E-state index in [2.05, 4.69) is 18.5 Å². The van der Waals surface area contributed by atoms with Crippen LogP contribution in [0, 0.1) is 0 Å². The second-order valence-electron chi connectivity index (χ2n) is 1.17. The number of nitrogens with zero attached hydrogens (tertiary/aromatic N) is 1. The van der Waals surface area contributed by atoms with Gasteiger partial charge in [-0.25, -0.2) is 0 Å². The van der Waals surface area contributed by atoms with Crippen molar-refractivity contribution in [3.05, 3.63) is 30.6 Å². The van der Waals surface area contributed by atoms with Gasteiger partial charge in [-0.05, 0) is 0 Å². The molecule has 0 aromatic rings. The second-order valence-corrected chi connectivity index (χ2v) is 1.17. The van der Waals surface area contributed by atoms with Crippen molar-refractivity contribution >= 4 is 12.4 Å². The topological polar surface area (TPSA) is 14.1 Å². The maximum absolute atomic E-state index is 3.97. The van der Waals surface area contributed by atoms with E-state index in [1.54, 1.807) is 12.2 Å². The molecular weight excluding hydrogens is 169 g/mol. The summed E-state index contributed by atoms with van der Waals surface area (Å²) in [5, 5.41) is 3.97. The van der Waals surface area contributed by atoms with Gasteiger partial charge in [-0.1, -0.05) is 0 Å². The first-order chi connectivity index (χ1) is 3.41. The predicted molar refractivity (Wildman–Crippen MR) is 40.7 cm³/mol. The Labute approximate surface area is 77.9 Å². The van der Waals surface area contributed by atoms with Gasteiger partial charge in [0.15, 0.2) is 0 Å². The fourth-order valence-corrected chi connectivity index (χ4v) is 0.257. The van der Waals surface area contributed by atoms with E-state index < -0.39 is 0 Å². The largest absolute Gasteiger partial charge is 0.656 e. The maximum atomic E-state index is 3.97.